The van der Waals surface area contributed by atoms with Crippen LogP contribution < -0.4 is 4.74 Å². The number of rotatable bonds is 9. The number of ether oxygens (including phenoxy) is 1. The SMILES string of the molecule is CCCCCCCCOc1ccc(S(=O)O)c2ccccc12. The van der Waals surface area contributed by atoms with Crippen LogP contribution in [-0.4, -0.2) is 15.4 Å². The van der Waals surface area contributed by atoms with Gasteiger partial charge in [0.25, 0.3) is 0 Å². The summed E-state index contributed by atoms with van der Waals surface area (Å²) in [6.45, 7) is 2.91. The van der Waals surface area contributed by atoms with E-state index in [0.29, 0.717) is 11.5 Å². The molecule has 0 aliphatic rings. The van der Waals surface area contributed by atoms with Crippen molar-refractivity contribution < 1.29 is 13.5 Å². The minimum absolute atomic E-state index is 0.433. The van der Waals surface area contributed by atoms with E-state index < -0.39 is 11.1 Å². The second-order valence-corrected chi connectivity index (χ2v) is 6.41. The molecule has 0 bridgehead atoms. The molecule has 0 amide bonds. The molecular formula is C18H24O3S. The molecule has 3 nitrogen and oxygen atoms in total. The Morgan fingerprint density at radius 1 is 0.955 bits per heavy atom. The molecule has 0 aromatic heterocycles. The predicted molar refractivity (Wildman–Crippen MR) is 91.9 cm³/mol. The monoisotopic (exact) mass is 320 g/mol. The molecule has 1 atom stereocenters. The number of hydrogen-bond acceptors (Lipinski definition) is 2. The van der Waals surface area contributed by atoms with Gasteiger partial charge in [0.1, 0.15) is 5.75 Å². The Morgan fingerprint density at radius 3 is 2.36 bits per heavy atom. The molecule has 2 aromatic rings. The molecule has 4 heteroatoms. The van der Waals surface area contributed by atoms with Gasteiger partial charge in [-0.25, -0.2) is 4.21 Å². The minimum atomic E-state index is -1.98. The van der Waals surface area contributed by atoms with Crippen LogP contribution in [0.2, 0.25) is 0 Å². The zero-order chi connectivity index (χ0) is 15.8. The van der Waals surface area contributed by atoms with E-state index in [2.05, 4.69) is 6.92 Å². The van der Waals surface area contributed by atoms with Gasteiger partial charge in [-0.15, -0.1) is 0 Å². The van der Waals surface area contributed by atoms with Crippen LogP contribution in [0.3, 0.4) is 0 Å². The van der Waals surface area contributed by atoms with Gasteiger partial charge in [-0.2, -0.15) is 0 Å². The highest BCUT2D eigenvalue weighted by molar-refractivity contribution is 7.79. The van der Waals surface area contributed by atoms with Crippen LogP contribution >= 0.6 is 0 Å². The Morgan fingerprint density at radius 2 is 1.64 bits per heavy atom. The van der Waals surface area contributed by atoms with E-state index in [9.17, 15) is 8.76 Å². The fourth-order valence-corrected chi connectivity index (χ4v) is 3.14. The minimum Gasteiger partial charge on any atom is -0.493 e. The van der Waals surface area contributed by atoms with Gasteiger partial charge in [0.15, 0.2) is 11.1 Å². The molecule has 0 aliphatic carbocycles. The predicted octanol–water partition coefficient (Wildman–Crippen LogP) is 5.16. The zero-order valence-corrected chi connectivity index (χ0v) is 13.9. The topological polar surface area (TPSA) is 46.5 Å². The average molecular weight is 320 g/mol. The normalized spacial score (nSPS) is 12.5. The number of fused-ring (bicyclic) bond motifs is 1. The van der Waals surface area contributed by atoms with Crippen molar-refractivity contribution >= 4 is 21.9 Å². The molecule has 120 valence electrons. The van der Waals surface area contributed by atoms with Crippen LogP contribution in [0.5, 0.6) is 5.75 Å². The Kier molecular flexibility index (Phi) is 6.87. The molecule has 0 spiro atoms. The lowest BCUT2D eigenvalue weighted by molar-refractivity contribution is 0.307. The molecule has 0 heterocycles. The van der Waals surface area contributed by atoms with Gasteiger partial charge < -0.3 is 9.29 Å². The van der Waals surface area contributed by atoms with E-state index in [-0.39, 0.29) is 0 Å². The molecule has 0 saturated heterocycles. The molecule has 2 rings (SSSR count). The van der Waals surface area contributed by atoms with Gasteiger partial charge in [-0.3, -0.25) is 0 Å². The first-order chi connectivity index (χ1) is 10.7. The largest absolute Gasteiger partial charge is 0.493 e. The number of benzene rings is 2. The van der Waals surface area contributed by atoms with Crippen LogP contribution in [-0.2, 0) is 11.1 Å². The summed E-state index contributed by atoms with van der Waals surface area (Å²) < 4.78 is 26.6. The van der Waals surface area contributed by atoms with Gasteiger partial charge >= 0.3 is 0 Å². The van der Waals surface area contributed by atoms with Crippen molar-refractivity contribution in [1.82, 2.24) is 0 Å². The van der Waals surface area contributed by atoms with E-state index in [1.165, 1.54) is 32.1 Å². The van der Waals surface area contributed by atoms with Crippen molar-refractivity contribution in [2.45, 2.75) is 50.3 Å². The maximum atomic E-state index is 11.4. The first-order valence-corrected chi connectivity index (χ1v) is 9.10. The number of unbranched alkanes of at least 4 members (excludes halogenated alkanes) is 5. The fourth-order valence-electron chi connectivity index (χ4n) is 2.59. The van der Waals surface area contributed by atoms with Crippen molar-refractivity contribution in [2.75, 3.05) is 6.61 Å². The highest BCUT2D eigenvalue weighted by atomic mass is 32.2. The summed E-state index contributed by atoms with van der Waals surface area (Å²) in [5, 5.41) is 1.68. The zero-order valence-electron chi connectivity index (χ0n) is 13.1. The van der Waals surface area contributed by atoms with Crippen molar-refractivity contribution in [3.8, 4) is 5.75 Å². The summed E-state index contributed by atoms with van der Waals surface area (Å²) in [4.78, 5) is 0.433. The molecule has 0 fully saturated rings. The van der Waals surface area contributed by atoms with E-state index in [1.54, 1.807) is 12.1 Å². The lowest BCUT2D eigenvalue weighted by atomic mass is 10.1. The van der Waals surface area contributed by atoms with Crippen LogP contribution in [0.1, 0.15) is 45.4 Å². The van der Waals surface area contributed by atoms with Crippen LogP contribution in [0.4, 0.5) is 0 Å². The highest BCUT2D eigenvalue weighted by Gasteiger charge is 2.10. The van der Waals surface area contributed by atoms with Crippen LogP contribution in [0.25, 0.3) is 10.8 Å². The Bertz CT molecular complexity index is 625. The van der Waals surface area contributed by atoms with Gasteiger partial charge in [-0.05, 0) is 18.6 Å². The third-order valence-electron chi connectivity index (χ3n) is 3.79. The second-order valence-electron chi connectivity index (χ2n) is 5.47. The summed E-state index contributed by atoms with van der Waals surface area (Å²) in [5.41, 5.74) is 0. The highest BCUT2D eigenvalue weighted by Crippen LogP contribution is 2.30. The maximum Gasteiger partial charge on any atom is 0.187 e. The molecule has 0 aliphatic heterocycles. The smallest absolute Gasteiger partial charge is 0.187 e. The van der Waals surface area contributed by atoms with Crippen molar-refractivity contribution in [3.63, 3.8) is 0 Å². The molecule has 0 saturated carbocycles. The lowest BCUT2D eigenvalue weighted by Gasteiger charge is -2.11. The lowest BCUT2D eigenvalue weighted by Crippen LogP contribution is -1.99. The van der Waals surface area contributed by atoms with Crippen molar-refractivity contribution in [3.05, 3.63) is 36.4 Å². The Hall–Kier alpha value is -1.39. The molecule has 22 heavy (non-hydrogen) atoms. The quantitative estimate of drug-likeness (QED) is 0.513. The second kappa shape index (κ2) is 8.91. The van der Waals surface area contributed by atoms with Gasteiger partial charge in [0.2, 0.25) is 0 Å². The summed E-state index contributed by atoms with van der Waals surface area (Å²) >= 11 is -1.98. The van der Waals surface area contributed by atoms with Crippen LogP contribution in [0, 0.1) is 0 Å². The van der Waals surface area contributed by atoms with Gasteiger partial charge in [-0.1, -0.05) is 63.3 Å². The third kappa shape index (κ3) is 4.55. The summed E-state index contributed by atoms with van der Waals surface area (Å²) in [5.74, 6) is 0.790. The van der Waals surface area contributed by atoms with Crippen molar-refractivity contribution in [1.29, 1.82) is 0 Å². The Balaban J connectivity index is 1.97. The first-order valence-electron chi connectivity index (χ1n) is 7.99. The molecular weight excluding hydrogens is 296 g/mol. The third-order valence-corrected chi connectivity index (χ3v) is 4.52. The summed E-state index contributed by atoms with van der Waals surface area (Å²) in [7, 11) is 0. The fraction of sp³-hybridized carbons (Fsp3) is 0.444. The molecule has 2 aromatic carbocycles. The maximum absolute atomic E-state index is 11.4. The van der Waals surface area contributed by atoms with Crippen LogP contribution in [0.15, 0.2) is 41.3 Å². The number of hydrogen-bond donors (Lipinski definition) is 1. The van der Waals surface area contributed by atoms with Gasteiger partial charge in [0, 0.05) is 10.8 Å². The first kappa shape index (κ1) is 17.0. The molecule has 1 unspecified atom stereocenters. The molecule has 0 radical (unpaired) electrons. The van der Waals surface area contributed by atoms with Crippen molar-refractivity contribution in [2.24, 2.45) is 0 Å². The Labute approximate surface area is 135 Å². The summed E-state index contributed by atoms with van der Waals surface area (Å²) in [6, 6.07) is 11.1. The average Bonchev–Trinajstić information content (AvgIpc) is 2.53. The standard InChI is InChI=1S/C18H24O3S/c1-2-3-4-5-6-9-14-21-17-12-13-18(22(19)20)16-11-8-7-10-15(16)17/h7-8,10-13H,2-6,9,14H2,1H3,(H,19,20). The van der Waals surface area contributed by atoms with E-state index in [4.69, 9.17) is 4.74 Å². The van der Waals surface area contributed by atoms with E-state index in [1.807, 2.05) is 24.3 Å². The van der Waals surface area contributed by atoms with E-state index in [0.717, 1.165) is 22.9 Å². The molecule has 1 N–H and O–H groups in total. The summed E-state index contributed by atoms with van der Waals surface area (Å²) in [6.07, 6.45) is 7.38. The van der Waals surface area contributed by atoms with E-state index >= 15 is 0 Å². The van der Waals surface area contributed by atoms with Gasteiger partial charge in [0.05, 0.1) is 11.5 Å².